The minimum Gasteiger partial charge on any atom is -0.354 e. The maximum absolute atomic E-state index is 12.7. The molecule has 0 bridgehead atoms. The summed E-state index contributed by atoms with van der Waals surface area (Å²) < 4.78 is 0. The van der Waals surface area contributed by atoms with Gasteiger partial charge in [0.2, 0.25) is 11.8 Å². The summed E-state index contributed by atoms with van der Waals surface area (Å²) in [6.45, 7) is 4.73. The summed E-state index contributed by atoms with van der Waals surface area (Å²) in [6, 6.07) is 14.1. The molecule has 0 spiro atoms. The average Bonchev–Trinajstić information content (AvgIpc) is 3.25. The number of likely N-dealkylation sites (tertiary alicyclic amines) is 1. The molecular weight excluding hydrogens is 418 g/mol. The van der Waals surface area contributed by atoms with Crippen molar-refractivity contribution in [3.8, 4) is 0 Å². The molecule has 158 valence electrons. The van der Waals surface area contributed by atoms with Crippen molar-refractivity contribution in [1.82, 2.24) is 10.2 Å². The fourth-order valence-electron chi connectivity index (χ4n) is 4.01. The molecule has 0 radical (unpaired) electrons. The third kappa shape index (κ3) is 4.99. The van der Waals surface area contributed by atoms with Crippen LogP contribution in [0, 0.1) is 6.92 Å². The molecule has 0 saturated carbocycles. The molecule has 4 rings (SSSR count). The topological polar surface area (TPSA) is 61.4 Å². The second-order valence-corrected chi connectivity index (χ2v) is 9.59. The van der Waals surface area contributed by atoms with Gasteiger partial charge in [0.05, 0.1) is 17.0 Å². The van der Waals surface area contributed by atoms with Gasteiger partial charge in [-0.05, 0) is 56.6 Å². The average molecular weight is 444 g/mol. The van der Waals surface area contributed by atoms with E-state index in [-0.39, 0.29) is 24.3 Å². The van der Waals surface area contributed by atoms with E-state index >= 15 is 0 Å². The first-order valence-electron chi connectivity index (χ1n) is 10.3. The standard InChI is InChI=1S/C23H26ClN3O2S/c1-15-4-6-16(7-5-15)19(27-10-2-3-11-27)14-25-22(28)13-21-23(29)26-18-12-17(24)8-9-20(18)30-21/h4-9,12,19,21H,2-3,10-11,13-14H2,1H3,(H,25,28)(H,26,29). The van der Waals surface area contributed by atoms with Crippen LogP contribution in [0.3, 0.4) is 0 Å². The fourth-order valence-corrected chi connectivity index (χ4v) is 5.27. The number of nitrogens with zero attached hydrogens (tertiary/aromatic N) is 1. The number of thioether (sulfide) groups is 1. The predicted octanol–water partition coefficient (Wildman–Crippen LogP) is 4.40. The molecule has 0 aromatic heterocycles. The second kappa shape index (κ2) is 9.41. The van der Waals surface area contributed by atoms with Gasteiger partial charge in [-0.3, -0.25) is 14.5 Å². The molecule has 2 aliphatic heterocycles. The van der Waals surface area contributed by atoms with E-state index in [1.54, 1.807) is 12.1 Å². The number of anilines is 1. The van der Waals surface area contributed by atoms with Crippen LogP contribution in [-0.4, -0.2) is 41.6 Å². The Labute approximate surface area is 186 Å². The molecule has 2 heterocycles. The van der Waals surface area contributed by atoms with Crippen LogP contribution in [-0.2, 0) is 9.59 Å². The molecule has 2 aromatic carbocycles. The molecular formula is C23H26ClN3O2S. The van der Waals surface area contributed by atoms with Crippen molar-refractivity contribution in [1.29, 1.82) is 0 Å². The maximum atomic E-state index is 12.7. The van der Waals surface area contributed by atoms with E-state index in [0.29, 0.717) is 17.3 Å². The molecule has 1 saturated heterocycles. The first kappa shape index (κ1) is 21.2. The van der Waals surface area contributed by atoms with Crippen molar-refractivity contribution in [2.75, 3.05) is 25.0 Å². The minimum atomic E-state index is -0.441. The van der Waals surface area contributed by atoms with Crippen molar-refractivity contribution < 1.29 is 9.59 Å². The van der Waals surface area contributed by atoms with Crippen LogP contribution in [0.15, 0.2) is 47.4 Å². The van der Waals surface area contributed by atoms with Gasteiger partial charge in [0.25, 0.3) is 0 Å². The van der Waals surface area contributed by atoms with E-state index in [4.69, 9.17) is 11.6 Å². The van der Waals surface area contributed by atoms with E-state index in [9.17, 15) is 9.59 Å². The number of carbonyl (C=O) groups is 2. The number of benzene rings is 2. The molecule has 2 N–H and O–H groups in total. The van der Waals surface area contributed by atoms with Gasteiger partial charge in [-0.1, -0.05) is 41.4 Å². The Kier molecular flexibility index (Phi) is 6.66. The minimum absolute atomic E-state index is 0.101. The predicted molar refractivity (Wildman–Crippen MR) is 122 cm³/mol. The zero-order valence-electron chi connectivity index (χ0n) is 17.0. The summed E-state index contributed by atoms with van der Waals surface area (Å²) >= 11 is 7.42. The molecule has 2 unspecified atom stereocenters. The van der Waals surface area contributed by atoms with E-state index in [2.05, 4.69) is 46.7 Å². The van der Waals surface area contributed by atoms with Crippen molar-refractivity contribution in [2.45, 2.75) is 42.4 Å². The lowest BCUT2D eigenvalue weighted by molar-refractivity contribution is -0.124. The van der Waals surface area contributed by atoms with Gasteiger partial charge >= 0.3 is 0 Å². The Balaban J connectivity index is 1.38. The SMILES string of the molecule is Cc1ccc(C(CNC(=O)CC2Sc3ccc(Cl)cc3NC2=O)N2CCCC2)cc1. The molecule has 1 fully saturated rings. The van der Waals surface area contributed by atoms with Gasteiger partial charge in [0.1, 0.15) is 0 Å². The monoisotopic (exact) mass is 443 g/mol. The van der Waals surface area contributed by atoms with E-state index in [0.717, 1.165) is 18.0 Å². The number of hydrogen-bond acceptors (Lipinski definition) is 4. The molecule has 2 atom stereocenters. The Morgan fingerprint density at radius 3 is 2.70 bits per heavy atom. The van der Waals surface area contributed by atoms with Gasteiger partial charge in [-0.15, -0.1) is 11.8 Å². The highest BCUT2D eigenvalue weighted by Crippen LogP contribution is 2.38. The maximum Gasteiger partial charge on any atom is 0.238 e. The molecule has 2 aliphatic rings. The van der Waals surface area contributed by atoms with Crippen molar-refractivity contribution in [2.24, 2.45) is 0 Å². The van der Waals surface area contributed by atoms with E-state index < -0.39 is 5.25 Å². The first-order chi connectivity index (χ1) is 14.5. The van der Waals surface area contributed by atoms with Crippen LogP contribution in [0.5, 0.6) is 0 Å². The van der Waals surface area contributed by atoms with Crippen LogP contribution in [0.25, 0.3) is 0 Å². The molecule has 7 heteroatoms. The number of rotatable bonds is 6. The lowest BCUT2D eigenvalue weighted by atomic mass is 10.0. The van der Waals surface area contributed by atoms with Gasteiger partial charge < -0.3 is 10.6 Å². The highest BCUT2D eigenvalue weighted by Gasteiger charge is 2.30. The van der Waals surface area contributed by atoms with E-state index in [1.165, 1.54) is 35.7 Å². The summed E-state index contributed by atoms with van der Waals surface area (Å²) in [5, 5.41) is 6.08. The van der Waals surface area contributed by atoms with Gasteiger partial charge in [0.15, 0.2) is 0 Å². The summed E-state index contributed by atoms with van der Waals surface area (Å²) in [5.41, 5.74) is 3.16. The van der Waals surface area contributed by atoms with Gasteiger partial charge in [-0.2, -0.15) is 0 Å². The Morgan fingerprint density at radius 1 is 1.23 bits per heavy atom. The number of fused-ring (bicyclic) bond motifs is 1. The molecule has 5 nitrogen and oxygen atoms in total. The van der Waals surface area contributed by atoms with Crippen molar-refractivity contribution in [3.05, 3.63) is 58.6 Å². The Bertz CT molecular complexity index is 929. The number of aryl methyl sites for hydroxylation is 1. The van der Waals surface area contributed by atoms with Crippen LogP contribution in [0.1, 0.15) is 36.4 Å². The Morgan fingerprint density at radius 2 is 1.97 bits per heavy atom. The largest absolute Gasteiger partial charge is 0.354 e. The third-order valence-electron chi connectivity index (χ3n) is 5.67. The summed E-state index contributed by atoms with van der Waals surface area (Å²) in [6.07, 6.45) is 2.54. The summed E-state index contributed by atoms with van der Waals surface area (Å²) in [5.74, 6) is -0.254. The quantitative estimate of drug-likeness (QED) is 0.694. The number of halogens is 1. The van der Waals surface area contributed by atoms with Crippen molar-refractivity contribution >= 4 is 40.9 Å². The Hall–Kier alpha value is -2.02. The summed E-state index contributed by atoms with van der Waals surface area (Å²) in [4.78, 5) is 28.5. The molecule has 0 aliphatic carbocycles. The highest BCUT2D eigenvalue weighted by atomic mass is 35.5. The lowest BCUT2D eigenvalue weighted by Crippen LogP contribution is -2.39. The fraction of sp³-hybridized carbons (Fsp3) is 0.391. The van der Waals surface area contributed by atoms with Crippen LogP contribution < -0.4 is 10.6 Å². The highest BCUT2D eigenvalue weighted by molar-refractivity contribution is 8.01. The lowest BCUT2D eigenvalue weighted by Gasteiger charge is -2.29. The van der Waals surface area contributed by atoms with Crippen LogP contribution in [0.4, 0.5) is 5.69 Å². The van der Waals surface area contributed by atoms with E-state index in [1.807, 2.05) is 6.07 Å². The number of amides is 2. The number of carbonyl (C=O) groups excluding carboxylic acids is 2. The zero-order valence-corrected chi connectivity index (χ0v) is 18.6. The first-order valence-corrected chi connectivity index (χ1v) is 11.6. The zero-order chi connectivity index (χ0) is 21.1. The second-order valence-electron chi connectivity index (χ2n) is 7.91. The van der Waals surface area contributed by atoms with Crippen LogP contribution in [0.2, 0.25) is 5.02 Å². The smallest absolute Gasteiger partial charge is 0.238 e. The van der Waals surface area contributed by atoms with Crippen LogP contribution >= 0.6 is 23.4 Å². The number of hydrogen-bond donors (Lipinski definition) is 2. The van der Waals surface area contributed by atoms with Crippen molar-refractivity contribution in [3.63, 3.8) is 0 Å². The number of nitrogens with one attached hydrogen (secondary N) is 2. The third-order valence-corrected chi connectivity index (χ3v) is 7.18. The van der Waals surface area contributed by atoms with Gasteiger partial charge in [-0.25, -0.2) is 0 Å². The summed E-state index contributed by atoms with van der Waals surface area (Å²) in [7, 11) is 0. The molecule has 2 aromatic rings. The molecule has 2 amide bonds. The normalized spacial score (nSPS) is 19.8. The molecule has 30 heavy (non-hydrogen) atoms. The van der Waals surface area contributed by atoms with Gasteiger partial charge in [0, 0.05) is 22.9 Å².